The van der Waals surface area contributed by atoms with E-state index in [1.165, 1.54) is 20.9 Å². The number of thiophene rings is 1. The third-order valence-electron chi connectivity index (χ3n) is 4.13. The Morgan fingerprint density at radius 1 is 1.09 bits per heavy atom. The Morgan fingerprint density at radius 3 is 2.45 bits per heavy atom. The van der Waals surface area contributed by atoms with E-state index in [2.05, 4.69) is 60.4 Å². The minimum atomic E-state index is 1.04. The van der Waals surface area contributed by atoms with Crippen molar-refractivity contribution >= 4 is 17.6 Å². The molecule has 1 N–H and O–H groups in total. The molecule has 1 aromatic carbocycles. The summed E-state index contributed by atoms with van der Waals surface area (Å²) >= 11 is 1.80. The Hall–Kier alpha value is -1.65. The van der Waals surface area contributed by atoms with Crippen molar-refractivity contribution in [2.45, 2.75) is 20.4 Å². The van der Waals surface area contributed by atoms with E-state index in [9.17, 15) is 0 Å². The molecule has 1 aromatic heterocycles. The van der Waals surface area contributed by atoms with E-state index in [0.717, 1.165) is 32.7 Å². The molecular formula is C18H24N3S+. The normalized spacial score (nSPS) is 16.5. The zero-order chi connectivity index (χ0) is 15.4. The Balaban J connectivity index is 1.48. The van der Waals surface area contributed by atoms with Crippen LogP contribution >= 0.6 is 11.3 Å². The van der Waals surface area contributed by atoms with Crippen molar-refractivity contribution in [1.29, 1.82) is 0 Å². The quantitative estimate of drug-likeness (QED) is 0.857. The molecular weight excluding hydrogens is 290 g/mol. The second kappa shape index (κ2) is 7.07. The summed E-state index contributed by atoms with van der Waals surface area (Å²) in [5.74, 6) is 0. The Labute approximate surface area is 136 Å². The highest BCUT2D eigenvalue weighted by atomic mass is 32.1. The predicted octanol–water partition coefficient (Wildman–Crippen LogP) is 2.10. The van der Waals surface area contributed by atoms with Crippen molar-refractivity contribution in [3.63, 3.8) is 0 Å². The summed E-state index contributed by atoms with van der Waals surface area (Å²) in [6.07, 6.45) is 2.00. The fraction of sp³-hybridized carbons (Fsp3) is 0.389. The van der Waals surface area contributed by atoms with Crippen molar-refractivity contribution in [2.24, 2.45) is 5.10 Å². The first-order valence-electron chi connectivity index (χ1n) is 7.93. The van der Waals surface area contributed by atoms with Crippen molar-refractivity contribution < 1.29 is 4.90 Å². The lowest BCUT2D eigenvalue weighted by atomic mass is 10.1. The van der Waals surface area contributed by atoms with E-state index >= 15 is 0 Å². The zero-order valence-corrected chi connectivity index (χ0v) is 14.2. The van der Waals surface area contributed by atoms with Gasteiger partial charge < -0.3 is 4.90 Å². The highest BCUT2D eigenvalue weighted by molar-refractivity contribution is 7.13. The van der Waals surface area contributed by atoms with Gasteiger partial charge in [0.15, 0.2) is 0 Å². The minimum Gasteiger partial charge on any atom is -0.328 e. The van der Waals surface area contributed by atoms with Crippen LogP contribution in [0.4, 0.5) is 0 Å². The number of quaternary nitrogens is 1. The van der Waals surface area contributed by atoms with Crippen LogP contribution in [0, 0.1) is 13.8 Å². The van der Waals surface area contributed by atoms with Gasteiger partial charge in [-0.3, -0.25) is 5.01 Å². The van der Waals surface area contributed by atoms with Crippen LogP contribution in [0.5, 0.6) is 0 Å². The maximum atomic E-state index is 4.63. The van der Waals surface area contributed by atoms with Gasteiger partial charge >= 0.3 is 0 Å². The lowest BCUT2D eigenvalue weighted by Gasteiger charge is -2.30. The third-order valence-corrected chi connectivity index (χ3v) is 5.07. The molecule has 1 aliphatic heterocycles. The van der Waals surface area contributed by atoms with Gasteiger partial charge in [0.1, 0.15) is 6.54 Å². The van der Waals surface area contributed by atoms with Crippen molar-refractivity contribution in [2.75, 3.05) is 26.2 Å². The number of hydrogen-bond donors (Lipinski definition) is 1. The second-order valence-corrected chi connectivity index (χ2v) is 7.38. The molecule has 0 unspecified atom stereocenters. The van der Waals surface area contributed by atoms with Crippen LogP contribution in [0.15, 0.2) is 41.5 Å². The first-order valence-corrected chi connectivity index (χ1v) is 8.75. The monoisotopic (exact) mass is 314 g/mol. The maximum absolute atomic E-state index is 4.63. The van der Waals surface area contributed by atoms with E-state index in [1.807, 2.05) is 6.21 Å². The van der Waals surface area contributed by atoms with E-state index < -0.39 is 0 Å². The summed E-state index contributed by atoms with van der Waals surface area (Å²) in [6.45, 7) is 9.81. The standard InChI is InChI=1S/C18H23N3S/c1-15-3-6-17(7-4-15)14-20-9-11-21(12-10-20)19-13-18-8-5-16(2)22-18/h3-8,13H,9-12,14H2,1-2H3/p+1. The number of hydrogen-bond acceptors (Lipinski definition) is 3. The third kappa shape index (κ3) is 4.18. The molecule has 1 fully saturated rings. The van der Waals surface area contributed by atoms with Gasteiger partial charge in [0.05, 0.1) is 32.4 Å². The van der Waals surface area contributed by atoms with Gasteiger partial charge in [-0.15, -0.1) is 11.3 Å². The van der Waals surface area contributed by atoms with Gasteiger partial charge in [-0.25, -0.2) is 0 Å². The number of piperazine rings is 1. The van der Waals surface area contributed by atoms with Crippen LogP contribution in [0.1, 0.15) is 20.9 Å². The predicted molar refractivity (Wildman–Crippen MR) is 93.8 cm³/mol. The highest BCUT2D eigenvalue weighted by Gasteiger charge is 2.18. The molecule has 1 aliphatic rings. The lowest BCUT2D eigenvalue weighted by Crippen LogP contribution is -3.13. The fourth-order valence-electron chi connectivity index (χ4n) is 2.76. The summed E-state index contributed by atoms with van der Waals surface area (Å²) in [4.78, 5) is 4.24. The summed E-state index contributed by atoms with van der Waals surface area (Å²) in [5.41, 5.74) is 2.77. The zero-order valence-electron chi connectivity index (χ0n) is 13.4. The van der Waals surface area contributed by atoms with Crippen molar-refractivity contribution in [3.05, 3.63) is 57.3 Å². The summed E-state index contributed by atoms with van der Waals surface area (Å²) < 4.78 is 0. The molecule has 0 radical (unpaired) electrons. The van der Waals surface area contributed by atoms with Crippen LogP contribution in [0.25, 0.3) is 0 Å². The molecule has 0 aliphatic carbocycles. The molecule has 2 aromatic rings. The van der Waals surface area contributed by atoms with E-state index in [4.69, 9.17) is 0 Å². The average molecular weight is 314 g/mol. The smallest absolute Gasteiger partial charge is 0.103 e. The van der Waals surface area contributed by atoms with Gasteiger partial charge in [0.25, 0.3) is 0 Å². The van der Waals surface area contributed by atoms with Crippen molar-refractivity contribution in [1.82, 2.24) is 5.01 Å². The molecule has 1 saturated heterocycles. The van der Waals surface area contributed by atoms with Gasteiger partial charge in [-0.1, -0.05) is 29.8 Å². The number of benzene rings is 1. The minimum absolute atomic E-state index is 1.04. The van der Waals surface area contributed by atoms with Gasteiger partial charge in [0, 0.05) is 15.3 Å². The molecule has 0 amide bonds. The Morgan fingerprint density at radius 2 is 1.82 bits per heavy atom. The van der Waals surface area contributed by atoms with Crippen LogP contribution in [0.3, 0.4) is 0 Å². The molecule has 0 saturated carbocycles. The van der Waals surface area contributed by atoms with E-state index in [1.54, 1.807) is 16.2 Å². The molecule has 4 heteroatoms. The van der Waals surface area contributed by atoms with Crippen LogP contribution < -0.4 is 4.90 Å². The summed E-state index contributed by atoms with van der Waals surface area (Å²) in [6, 6.07) is 13.2. The first-order chi connectivity index (χ1) is 10.7. The molecule has 0 atom stereocenters. The van der Waals surface area contributed by atoms with E-state index in [0.29, 0.717) is 0 Å². The molecule has 0 bridgehead atoms. The first kappa shape index (κ1) is 15.3. The molecule has 2 heterocycles. The van der Waals surface area contributed by atoms with Crippen LogP contribution in [0.2, 0.25) is 0 Å². The molecule has 3 rings (SSSR count). The van der Waals surface area contributed by atoms with Crippen molar-refractivity contribution in [3.8, 4) is 0 Å². The average Bonchev–Trinajstić information content (AvgIpc) is 2.94. The van der Waals surface area contributed by atoms with E-state index in [-0.39, 0.29) is 0 Å². The fourth-order valence-corrected chi connectivity index (χ4v) is 3.50. The number of rotatable bonds is 4. The molecule has 0 spiro atoms. The number of aryl methyl sites for hydroxylation is 2. The SMILES string of the molecule is Cc1ccc(C[NH+]2CCN(N=Cc3ccc(C)s3)CC2)cc1. The second-order valence-electron chi connectivity index (χ2n) is 6.06. The van der Waals surface area contributed by atoms with Gasteiger partial charge in [0.2, 0.25) is 0 Å². The van der Waals surface area contributed by atoms with Gasteiger partial charge in [-0.2, -0.15) is 5.10 Å². The van der Waals surface area contributed by atoms with Gasteiger partial charge in [-0.05, 0) is 26.0 Å². The van der Waals surface area contributed by atoms with Crippen LogP contribution in [-0.4, -0.2) is 37.4 Å². The Kier molecular flexibility index (Phi) is 4.90. The summed E-state index contributed by atoms with van der Waals surface area (Å²) in [7, 11) is 0. The number of nitrogens with one attached hydrogen (secondary N) is 1. The molecule has 3 nitrogen and oxygen atoms in total. The number of nitrogens with zero attached hydrogens (tertiary/aromatic N) is 2. The lowest BCUT2D eigenvalue weighted by molar-refractivity contribution is -0.918. The Bertz CT molecular complexity index is 622. The number of hydrazone groups is 1. The van der Waals surface area contributed by atoms with Crippen LogP contribution in [-0.2, 0) is 6.54 Å². The summed E-state index contributed by atoms with van der Waals surface area (Å²) in [5, 5.41) is 6.83. The molecule has 116 valence electrons. The topological polar surface area (TPSA) is 20.0 Å². The molecule has 22 heavy (non-hydrogen) atoms. The largest absolute Gasteiger partial charge is 0.328 e. The maximum Gasteiger partial charge on any atom is 0.103 e. The highest BCUT2D eigenvalue weighted by Crippen LogP contribution is 2.12.